The van der Waals surface area contributed by atoms with Gasteiger partial charge in [-0.1, -0.05) is 0 Å². The fourth-order valence-corrected chi connectivity index (χ4v) is 1.78. The highest BCUT2D eigenvalue weighted by molar-refractivity contribution is 5.92. The van der Waals surface area contributed by atoms with E-state index in [4.69, 9.17) is 9.68 Å². The molecule has 0 aliphatic heterocycles. The van der Waals surface area contributed by atoms with Crippen LogP contribution in [0.2, 0.25) is 0 Å². The summed E-state index contributed by atoms with van der Waals surface area (Å²) in [6, 6.07) is 2.01. The maximum Gasteiger partial charge on any atom is 0.240 e. The SMILES string of the molecule is Cc1oc(NC(=O)CN(C)CC(C)O)c(C#N)c1C. The number of aliphatic hydroxyl groups excluding tert-OH is 1. The Bertz CT molecular complexity index is 500. The molecule has 1 atom stereocenters. The van der Waals surface area contributed by atoms with E-state index in [1.807, 2.05) is 6.07 Å². The highest BCUT2D eigenvalue weighted by atomic mass is 16.4. The topological polar surface area (TPSA) is 89.5 Å². The number of hydrogen-bond acceptors (Lipinski definition) is 5. The zero-order valence-electron chi connectivity index (χ0n) is 11.6. The number of nitrogens with one attached hydrogen (secondary N) is 1. The number of nitrogens with zero attached hydrogens (tertiary/aromatic N) is 2. The van der Waals surface area contributed by atoms with Crippen molar-refractivity contribution in [2.75, 3.05) is 25.5 Å². The first-order chi connectivity index (χ1) is 8.85. The second kappa shape index (κ2) is 6.36. The van der Waals surface area contributed by atoms with Crippen LogP contribution in [0.15, 0.2) is 4.42 Å². The van der Waals surface area contributed by atoms with Gasteiger partial charge in [0.05, 0.1) is 12.6 Å². The van der Waals surface area contributed by atoms with Crippen LogP contribution in [-0.4, -0.2) is 42.2 Å². The molecule has 1 aromatic rings. The molecule has 1 aromatic heterocycles. The fraction of sp³-hybridized carbons (Fsp3) is 0.538. The number of aryl methyl sites for hydroxylation is 1. The molecule has 1 unspecified atom stereocenters. The van der Waals surface area contributed by atoms with E-state index in [1.165, 1.54) is 0 Å². The lowest BCUT2D eigenvalue weighted by molar-refractivity contribution is -0.117. The van der Waals surface area contributed by atoms with Crippen LogP contribution in [0, 0.1) is 25.2 Å². The van der Waals surface area contributed by atoms with Crippen LogP contribution in [-0.2, 0) is 4.79 Å². The lowest BCUT2D eigenvalue weighted by Crippen LogP contribution is -2.34. The number of furan rings is 1. The molecule has 6 nitrogen and oxygen atoms in total. The summed E-state index contributed by atoms with van der Waals surface area (Å²) in [6.45, 7) is 5.68. The summed E-state index contributed by atoms with van der Waals surface area (Å²) >= 11 is 0. The second-order valence-electron chi connectivity index (χ2n) is 4.69. The fourth-order valence-electron chi connectivity index (χ4n) is 1.78. The third kappa shape index (κ3) is 4.09. The Morgan fingerprint density at radius 2 is 2.21 bits per heavy atom. The van der Waals surface area contributed by atoms with Crippen LogP contribution >= 0.6 is 0 Å². The van der Waals surface area contributed by atoms with Crippen LogP contribution in [0.5, 0.6) is 0 Å². The number of hydrogen-bond donors (Lipinski definition) is 2. The lowest BCUT2D eigenvalue weighted by Gasteiger charge is -2.17. The number of anilines is 1. The van der Waals surface area contributed by atoms with E-state index in [0.717, 1.165) is 5.56 Å². The Balaban J connectivity index is 2.68. The quantitative estimate of drug-likeness (QED) is 0.829. The summed E-state index contributed by atoms with van der Waals surface area (Å²) < 4.78 is 5.35. The van der Waals surface area contributed by atoms with E-state index in [-0.39, 0.29) is 18.3 Å². The molecule has 6 heteroatoms. The van der Waals surface area contributed by atoms with Crippen LogP contribution in [0.1, 0.15) is 23.8 Å². The normalized spacial score (nSPS) is 12.3. The molecule has 1 rings (SSSR count). The molecule has 0 aromatic carbocycles. The van der Waals surface area contributed by atoms with Crippen molar-refractivity contribution in [3.8, 4) is 6.07 Å². The summed E-state index contributed by atoms with van der Waals surface area (Å²) in [5, 5.41) is 20.8. The van der Waals surface area contributed by atoms with Gasteiger partial charge in [-0.15, -0.1) is 0 Å². The average Bonchev–Trinajstić information content (AvgIpc) is 2.52. The molecule has 0 spiro atoms. The molecular formula is C13H19N3O3. The molecule has 0 aliphatic carbocycles. The van der Waals surface area contributed by atoms with Crippen LogP contribution in [0.3, 0.4) is 0 Å². The van der Waals surface area contributed by atoms with Crippen molar-refractivity contribution in [1.82, 2.24) is 4.90 Å². The smallest absolute Gasteiger partial charge is 0.240 e. The van der Waals surface area contributed by atoms with Crippen molar-refractivity contribution in [2.24, 2.45) is 0 Å². The molecule has 104 valence electrons. The van der Waals surface area contributed by atoms with Crippen molar-refractivity contribution in [3.05, 3.63) is 16.9 Å². The van der Waals surface area contributed by atoms with Gasteiger partial charge in [0.2, 0.25) is 11.8 Å². The maximum atomic E-state index is 11.8. The number of amides is 1. The Labute approximate surface area is 112 Å². The van der Waals surface area contributed by atoms with Crippen molar-refractivity contribution in [2.45, 2.75) is 26.9 Å². The molecule has 0 saturated carbocycles. The van der Waals surface area contributed by atoms with Gasteiger partial charge in [-0.2, -0.15) is 5.26 Å². The average molecular weight is 265 g/mol. The minimum absolute atomic E-state index is 0.120. The van der Waals surface area contributed by atoms with Gasteiger partial charge in [-0.3, -0.25) is 15.0 Å². The Kier molecular flexibility index (Phi) is 5.10. The second-order valence-corrected chi connectivity index (χ2v) is 4.69. The minimum Gasteiger partial charge on any atom is -0.444 e. The molecule has 1 heterocycles. The van der Waals surface area contributed by atoms with Crippen LogP contribution in [0.4, 0.5) is 5.88 Å². The summed E-state index contributed by atoms with van der Waals surface area (Å²) in [4.78, 5) is 13.5. The van der Waals surface area contributed by atoms with Gasteiger partial charge in [0, 0.05) is 12.1 Å². The number of nitriles is 1. The third-order valence-electron chi connectivity index (χ3n) is 2.74. The monoisotopic (exact) mass is 265 g/mol. The minimum atomic E-state index is -0.499. The zero-order chi connectivity index (χ0) is 14.6. The lowest BCUT2D eigenvalue weighted by atomic mass is 10.2. The van der Waals surface area contributed by atoms with Crippen LogP contribution < -0.4 is 5.32 Å². The molecule has 19 heavy (non-hydrogen) atoms. The zero-order valence-corrected chi connectivity index (χ0v) is 11.6. The predicted octanol–water partition coefficient (Wildman–Crippen LogP) is 1.02. The predicted molar refractivity (Wildman–Crippen MR) is 70.7 cm³/mol. The first-order valence-electron chi connectivity index (χ1n) is 6.01. The summed E-state index contributed by atoms with van der Waals surface area (Å²) in [7, 11) is 1.73. The summed E-state index contributed by atoms with van der Waals surface area (Å²) in [5.41, 5.74) is 1.08. The van der Waals surface area contributed by atoms with E-state index in [1.54, 1.807) is 32.7 Å². The highest BCUT2D eigenvalue weighted by Gasteiger charge is 2.17. The molecule has 0 aliphatic rings. The van der Waals surface area contributed by atoms with E-state index in [2.05, 4.69) is 5.32 Å². The van der Waals surface area contributed by atoms with Crippen LogP contribution in [0.25, 0.3) is 0 Å². The van der Waals surface area contributed by atoms with E-state index >= 15 is 0 Å². The molecule has 0 saturated heterocycles. The number of likely N-dealkylation sites (N-methyl/N-ethyl adjacent to an activating group) is 1. The van der Waals surface area contributed by atoms with E-state index in [9.17, 15) is 9.90 Å². The molecule has 2 N–H and O–H groups in total. The largest absolute Gasteiger partial charge is 0.444 e. The Morgan fingerprint density at radius 3 is 2.74 bits per heavy atom. The molecular weight excluding hydrogens is 246 g/mol. The standard InChI is InChI=1S/C13H19N3O3/c1-8(17)6-16(4)7-12(18)15-13-11(5-14)9(2)10(3)19-13/h8,17H,6-7H2,1-4H3,(H,15,18). The maximum absolute atomic E-state index is 11.8. The highest BCUT2D eigenvalue weighted by Crippen LogP contribution is 2.25. The number of rotatable bonds is 5. The number of carbonyl (C=O) groups is 1. The van der Waals surface area contributed by atoms with Gasteiger partial charge in [-0.25, -0.2) is 0 Å². The van der Waals surface area contributed by atoms with Crippen molar-refractivity contribution >= 4 is 11.8 Å². The Morgan fingerprint density at radius 1 is 1.58 bits per heavy atom. The van der Waals surface area contributed by atoms with Crippen molar-refractivity contribution in [3.63, 3.8) is 0 Å². The molecule has 1 amide bonds. The molecule has 0 fully saturated rings. The van der Waals surface area contributed by atoms with Gasteiger partial charge in [0.15, 0.2) is 0 Å². The van der Waals surface area contributed by atoms with E-state index in [0.29, 0.717) is 17.9 Å². The number of carbonyl (C=O) groups excluding carboxylic acids is 1. The van der Waals surface area contributed by atoms with Gasteiger partial charge < -0.3 is 9.52 Å². The third-order valence-corrected chi connectivity index (χ3v) is 2.74. The number of aliphatic hydroxyl groups is 1. The summed E-state index contributed by atoms with van der Waals surface area (Å²) in [5.74, 6) is 0.519. The van der Waals surface area contributed by atoms with Gasteiger partial charge in [0.25, 0.3) is 0 Å². The van der Waals surface area contributed by atoms with Gasteiger partial charge in [0.1, 0.15) is 17.4 Å². The first-order valence-corrected chi connectivity index (χ1v) is 6.01. The van der Waals surface area contributed by atoms with E-state index < -0.39 is 6.10 Å². The first kappa shape index (κ1) is 15.2. The molecule has 0 bridgehead atoms. The Hall–Kier alpha value is -1.84. The van der Waals surface area contributed by atoms with Gasteiger partial charge >= 0.3 is 0 Å². The molecule has 0 radical (unpaired) electrons. The summed E-state index contributed by atoms with van der Waals surface area (Å²) in [6.07, 6.45) is -0.499. The van der Waals surface area contributed by atoms with Gasteiger partial charge in [-0.05, 0) is 27.8 Å². The van der Waals surface area contributed by atoms with Crippen molar-refractivity contribution < 1.29 is 14.3 Å². The van der Waals surface area contributed by atoms with Crippen molar-refractivity contribution in [1.29, 1.82) is 5.26 Å².